The van der Waals surface area contributed by atoms with Crippen LogP contribution >= 0.6 is 0 Å². The molecule has 0 radical (unpaired) electrons. The van der Waals surface area contributed by atoms with E-state index in [2.05, 4.69) is 24.1 Å². The second kappa shape index (κ2) is 6.38. The fourth-order valence-electron chi connectivity index (χ4n) is 2.01. The molecule has 2 unspecified atom stereocenters. The van der Waals surface area contributed by atoms with E-state index in [-0.39, 0.29) is 0 Å². The normalized spacial score (nSPS) is 29.4. The van der Waals surface area contributed by atoms with Gasteiger partial charge in [0.25, 0.3) is 0 Å². The lowest BCUT2D eigenvalue weighted by molar-refractivity contribution is 0.143. The molecular formula is C11H24N2O. The Morgan fingerprint density at radius 1 is 1.29 bits per heavy atom. The molecule has 0 aromatic heterocycles. The van der Waals surface area contributed by atoms with Crippen LogP contribution in [0.2, 0.25) is 0 Å². The van der Waals surface area contributed by atoms with Gasteiger partial charge in [0.2, 0.25) is 0 Å². The van der Waals surface area contributed by atoms with Crippen LogP contribution in [0.3, 0.4) is 0 Å². The summed E-state index contributed by atoms with van der Waals surface area (Å²) >= 11 is 0. The molecule has 2 N–H and O–H groups in total. The van der Waals surface area contributed by atoms with Crippen LogP contribution in [0.4, 0.5) is 0 Å². The molecule has 3 nitrogen and oxygen atoms in total. The van der Waals surface area contributed by atoms with E-state index >= 15 is 0 Å². The number of unbranched alkanes of at least 4 members (excludes halogenated alkanes) is 2. The molecular weight excluding hydrogens is 176 g/mol. The molecule has 1 heterocycles. The maximum Gasteiger partial charge on any atom is 0.0431 e. The topological polar surface area (TPSA) is 35.5 Å². The predicted molar refractivity (Wildman–Crippen MR) is 59.4 cm³/mol. The van der Waals surface area contributed by atoms with Crippen molar-refractivity contribution in [3.63, 3.8) is 0 Å². The summed E-state index contributed by atoms with van der Waals surface area (Å²) in [4.78, 5) is 2.55. The Bertz CT molecular complexity index is 152. The molecule has 3 heteroatoms. The van der Waals surface area contributed by atoms with E-state index in [1.54, 1.807) is 0 Å². The Balaban J connectivity index is 2.14. The van der Waals surface area contributed by atoms with Gasteiger partial charge < -0.3 is 10.4 Å². The molecule has 0 amide bonds. The first kappa shape index (κ1) is 12.0. The van der Waals surface area contributed by atoms with Crippen LogP contribution in [0.25, 0.3) is 0 Å². The highest BCUT2D eigenvalue weighted by Gasteiger charge is 2.21. The zero-order valence-corrected chi connectivity index (χ0v) is 9.50. The van der Waals surface area contributed by atoms with Gasteiger partial charge in [-0.05, 0) is 39.7 Å². The molecule has 0 saturated carbocycles. The Kier molecular flexibility index (Phi) is 5.45. The van der Waals surface area contributed by atoms with E-state index in [1.165, 1.54) is 19.5 Å². The summed E-state index contributed by atoms with van der Waals surface area (Å²) in [5.74, 6) is 0. The zero-order valence-electron chi connectivity index (χ0n) is 9.50. The molecule has 14 heavy (non-hydrogen) atoms. The van der Waals surface area contributed by atoms with Crippen LogP contribution in [0, 0.1) is 0 Å². The van der Waals surface area contributed by atoms with Gasteiger partial charge in [-0.1, -0.05) is 0 Å². The minimum absolute atomic E-state index is 0.341. The van der Waals surface area contributed by atoms with E-state index in [0.717, 1.165) is 19.4 Å². The van der Waals surface area contributed by atoms with Crippen molar-refractivity contribution in [2.24, 2.45) is 0 Å². The van der Waals surface area contributed by atoms with Crippen LogP contribution in [-0.4, -0.2) is 48.3 Å². The third-order valence-electron chi connectivity index (χ3n) is 3.00. The summed E-state index contributed by atoms with van der Waals surface area (Å²) in [5.41, 5.74) is 0. The number of aliphatic hydroxyl groups excluding tert-OH is 1. The van der Waals surface area contributed by atoms with Gasteiger partial charge in [0.15, 0.2) is 0 Å². The van der Waals surface area contributed by atoms with Crippen molar-refractivity contribution in [3.05, 3.63) is 0 Å². The smallest absolute Gasteiger partial charge is 0.0431 e. The van der Waals surface area contributed by atoms with Gasteiger partial charge in [-0.25, -0.2) is 0 Å². The number of nitrogens with zero attached hydrogens (tertiary/aromatic N) is 1. The Morgan fingerprint density at radius 3 is 2.79 bits per heavy atom. The number of piperazine rings is 1. The summed E-state index contributed by atoms with van der Waals surface area (Å²) < 4.78 is 0. The van der Waals surface area contributed by atoms with Crippen molar-refractivity contribution in [1.82, 2.24) is 10.2 Å². The van der Waals surface area contributed by atoms with Crippen LogP contribution in [0.1, 0.15) is 33.1 Å². The van der Waals surface area contributed by atoms with Gasteiger partial charge in [0.05, 0.1) is 0 Å². The van der Waals surface area contributed by atoms with Gasteiger partial charge in [0.1, 0.15) is 0 Å². The van der Waals surface area contributed by atoms with Crippen LogP contribution in [0.5, 0.6) is 0 Å². The lowest BCUT2D eigenvalue weighted by Crippen LogP contribution is -2.54. The molecule has 1 fully saturated rings. The number of nitrogens with one attached hydrogen (secondary N) is 1. The minimum Gasteiger partial charge on any atom is -0.396 e. The average molecular weight is 200 g/mol. The molecule has 0 aromatic carbocycles. The lowest BCUT2D eigenvalue weighted by atomic mass is 10.1. The van der Waals surface area contributed by atoms with Gasteiger partial charge in [-0.3, -0.25) is 4.90 Å². The molecule has 0 bridgehead atoms. The first-order valence-electron chi connectivity index (χ1n) is 5.82. The van der Waals surface area contributed by atoms with Crippen LogP contribution < -0.4 is 5.32 Å². The first-order valence-corrected chi connectivity index (χ1v) is 5.82. The van der Waals surface area contributed by atoms with E-state index < -0.39 is 0 Å². The van der Waals surface area contributed by atoms with Gasteiger partial charge in [-0.2, -0.15) is 0 Å². The molecule has 84 valence electrons. The minimum atomic E-state index is 0.341. The standard InChI is InChI=1S/C11H24N2O/c1-10-9-13(11(2)8-12-10)6-4-3-5-7-14/h10-12,14H,3-9H2,1-2H3. The third-order valence-corrected chi connectivity index (χ3v) is 3.00. The van der Waals surface area contributed by atoms with E-state index in [1.807, 2.05) is 0 Å². The highest BCUT2D eigenvalue weighted by Crippen LogP contribution is 2.08. The van der Waals surface area contributed by atoms with Crippen molar-refractivity contribution in [1.29, 1.82) is 0 Å². The van der Waals surface area contributed by atoms with Gasteiger partial charge in [0, 0.05) is 31.8 Å². The molecule has 1 aliphatic rings. The SMILES string of the molecule is CC1CN(CCCCCO)C(C)CN1. The summed E-state index contributed by atoms with van der Waals surface area (Å²) in [6.45, 7) is 8.33. The second-order valence-corrected chi connectivity index (χ2v) is 4.44. The highest BCUT2D eigenvalue weighted by atomic mass is 16.2. The second-order valence-electron chi connectivity index (χ2n) is 4.44. The van der Waals surface area contributed by atoms with Gasteiger partial charge >= 0.3 is 0 Å². The van der Waals surface area contributed by atoms with E-state index in [0.29, 0.717) is 18.7 Å². The van der Waals surface area contributed by atoms with Crippen molar-refractivity contribution in [2.45, 2.75) is 45.2 Å². The summed E-state index contributed by atoms with van der Waals surface area (Å²) in [5, 5.41) is 12.2. The summed E-state index contributed by atoms with van der Waals surface area (Å²) in [6.07, 6.45) is 3.33. The number of hydrogen-bond donors (Lipinski definition) is 2. The monoisotopic (exact) mass is 200 g/mol. The number of hydrogen-bond acceptors (Lipinski definition) is 3. The molecule has 2 atom stereocenters. The van der Waals surface area contributed by atoms with Gasteiger partial charge in [-0.15, -0.1) is 0 Å². The molecule has 1 rings (SSSR count). The Labute approximate surface area is 87.5 Å². The third kappa shape index (κ3) is 3.95. The van der Waals surface area contributed by atoms with Crippen molar-refractivity contribution in [2.75, 3.05) is 26.2 Å². The molecule has 1 aliphatic heterocycles. The quantitative estimate of drug-likeness (QED) is 0.645. The molecule has 0 aliphatic carbocycles. The largest absolute Gasteiger partial charge is 0.396 e. The van der Waals surface area contributed by atoms with Crippen molar-refractivity contribution in [3.8, 4) is 0 Å². The molecule has 1 saturated heterocycles. The maximum atomic E-state index is 8.67. The number of rotatable bonds is 5. The highest BCUT2D eigenvalue weighted by molar-refractivity contribution is 4.80. The van der Waals surface area contributed by atoms with Crippen molar-refractivity contribution < 1.29 is 5.11 Å². The van der Waals surface area contributed by atoms with Crippen molar-refractivity contribution >= 4 is 0 Å². The van der Waals surface area contributed by atoms with Crippen LogP contribution in [-0.2, 0) is 0 Å². The van der Waals surface area contributed by atoms with Crippen LogP contribution in [0.15, 0.2) is 0 Å². The Hall–Kier alpha value is -0.120. The predicted octanol–water partition coefficient (Wildman–Crippen LogP) is 0.831. The fraction of sp³-hybridized carbons (Fsp3) is 1.00. The lowest BCUT2D eigenvalue weighted by Gasteiger charge is -2.37. The first-order chi connectivity index (χ1) is 6.74. The fourth-order valence-corrected chi connectivity index (χ4v) is 2.01. The summed E-state index contributed by atoms with van der Waals surface area (Å²) in [7, 11) is 0. The number of aliphatic hydroxyl groups is 1. The van der Waals surface area contributed by atoms with E-state index in [9.17, 15) is 0 Å². The maximum absolute atomic E-state index is 8.67. The Morgan fingerprint density at radius 2 is 2.07 bits per heavy atom. The summed E-state index contributed by atoms with van der Waals surface area (Å²) in [6, 6.07) is 1.30. The van der Waals surface area contributed by atoms with E-state index in [4.69, 9.17) is 5.11 Å². The zero-order chi connectivity index (χ0) is 10.4. The molecule has 0 aromatic rings. The average Bonchev–Trinajstić information content (AvgIpc) is 2.18. The molecule has 0 spiro atoms.